The van der Waals surface area contributed by atoms with E-state index < -0.39 is 5.91 Å². The van der Waals surface area contributed by atoms with Gasteiger partial charge in [-0.15, -0.1) is 0 Å². The van der Waals surface area contributed by atoms with Crippen molar-refractivity contribution in [2.75, 3.05) is 6.61 Å². The molecule has 0 aliphatic carbocycles. The van der Waals surface area contributed by atoms with Crippen LogP contribution in [0.3, 0.4) is 0 Å². The topological polar surface area (TPSA) is 70.9 Å². The van der Waals surface area contributed by atoms with E-state index in [0.29, 0.717) is 6.61 Å². The summed E-state index contributed by atoms with van der Waals surface area (Å²) in [6.45, 7) is 2.73. The first-order chi connectivity index (χ1) is 10.7. The van der Waals surface area contributed by atoms with E-state index in [1.165, 1.54) is 18.3 Å². The summed E-state index contributed by atoms with van der Waals surface area (Å²) in [6.07, 6.45) is 2.49. The predicted octanol–water partition coefficient (Wildman–Crippen LogP) is 2.94. The van der Waals surface area contributed by atoms with Gasteiger partial charge in [0.15, 0.2) is 0 Å². The zero-order valence-corrected chi connectivity index (χ0v) is 12.3. The van der Waals surface area contributed by atoms with E-state index in [4.69, 9.17) is 4.74 Å². The van der Waals surface area contributed by atoms with Crippen molar-refractivity contribution in [1.29, 1.82) is 0 Å². The number of para-hydroxylation sites is 1. The number of hydrazone groups is 1. The molecule has 114 valence electrons. The maximum Gasteiger partial charge on any atom is 0.275 e. The van der Waals surface area contributed by atoms with Gasteiger partial charge in [-0.05, 0) is 48.4 Å². The van der Waals surface area contributed by atoms with Gasteiger partial charge in [0, 0.05) is 0 Å². The first-order valence-electron chi connectivity index (χ1n) is 7.05. The largest absolute Gasteiger partial charge is 0.507 e. The second kappa shape index (κ2) is 7.83. The molecule has 0 aliphatic rings. The summed E-state index contributed by atoms with van der Waals surface area (Å²) < 4.78 is 5.48. The van der Waals surface area contributed by atoms with Gasteiger partial charge in [0.25, 0.3) is 5.91 Å². The fourth-order valence-corrected chi connectivity index (χ4v) is 1.76. The highest BCUT2D eigenvalue weighted by Crippen LogP contribution is 2.15. The first-order valence-corrected chi connectivity index (χ1v) is 7.05. The lowest BCUT2D eigenvalue weighted by atomic mass is 10.2. The Labute approximate surface area is 129 Å². The summed E-state index contributed by atoms with van der Waals surface area (Å²) in [4.78, 5) is 11.8. The zero-order chi connectivity index (χ0) is 15.8. The molecule has 2 aromatic carbocycles. The predicted molar refractivity (Wildman–Crippen MR) is 85.4 cm³/mol. The number of phenolic OH excluding ortho intramolecular Hbond substituents is 1. The van der Waals surface area contributed by atoms with Gasteiger partial charge in [0.1, 0.15) is 11.5 Å². The quantitative estimate of drug-likeness (QED) is 0.636. The minimum Gasteiger partial charge on any atom is -0.507 e. The van der Waals surface area contributed by atoms with Crippen molar-refractivity contribution in [2.45, 2.75) is 13.3 Å². The summed E-state index contributed by atoms with van der Waals surface area (Å²) in [5, 5.41) is 13.4. The van der Waals surface area contributed by atoms with Crippen molar-refractivity contribution in [1.82, 2.24) is 5.43 Å². The van der Waals surface area contributed by atoms with Gasteiger partial charge in [0.2, 0.25) is 0 Å². The smallest absolute Gasteiger partial charge is 0.275 e. The molecule has 0 unspecified atom stereocenters. The number of amides is 1. The third-order valence-electron chi connectivity index (χ3n) is 2.88. The average Bonchev–Trinajstić information content (AvgIpc) is 2.54. The third-order valence-corrected chi connectivity index (χ3v) is 2.88. The lowest BCUT2D eigenvalue weighted by Crippen LogP contribution is -2.17. The standard InChI is InChI=1S/C17H18N2O3/c1-2-11-22-14-9-7-13(8-10-14)12-18-19-17(21)15-5-3-4-6-16(15)20/h3-10,12,20H,2,11H2,1H3,(H,19,21)/b18-12-. The van der Waals surface area contributed by atoms with E-state index in [0.717, 1.165) is 17.7 Å². The maximum atomic E-state index is 11.8. The molecule has 22 heavy (non-hydrogen) atoms. The van der Waals surface area contributed by atoms with Crippen LogP contribution in [0.2, 0.25) is 0 Å². The fourth-order valence-electron chi connectivity index (χ4n) is 1.76. The van der Waals surface area contributed by atoms with Gasteiger partial charge in [-0.1, -0.05) is 19.1 Å². The average molecular weight is 298 g/mol. The number of ether oxygens (including phenoxy) is 1. The molecule has 0 atom stereocenters. The number of rotatable bonds is 6. The van der Waals surface area contributed by atoms with Crippen molar-refractivity contribution in [2.24, 2.45) is 5.10 Å². The van der Waals surface area contributed by atoms with E-state index in [9.17, 15) is 9.90 Å². The number of nitrogens with zero attached hydrogens (tertiary/aromatic N) is 1. The van der Waals surface area contributed by atoms with E-state index in [1.807, 2.05) is 31.2 Å². The summed E-state index contributed by atoms with van der Waals surface area (Å²) in [6, 6.07) is 13.7. The highest BCUT2D eigenvalue weighted by atomic mass is 16.5. The van der Waals surface area contributed by atoms with E-state index in [1.54, 1.807) is 12.1 Å². The van der Waals surface area contributed by atoms with Crippen LogP contribution in [-0.4, -0.2) is 23.8 Å². The van der Waals surface area contributed by atoms with Crippen LogP contribution in [0, 0.1) is 0 Å². The lowest BCUT2D eigenvalue weighted by molar-refractivity contribution is 0.0952. The number of carbonyl (C=O) groups excluding carboxylic acids is 1. The molecule has 2 N–H and O–H groups in total. The highest BCUT2D eigenvalue weighted by Gasteiger charge is 2.08. The molecule has 0 saturated heterocycles. The van der Waals surface area contributed by atoms with E-state index in [2.05, 4.69) is 10.5 Å². The highest BCUT2D eigenvalue weighted by molar-refractivity contribution is 5.97. The number of hydrogen-bond donors (Lipinski definition) is 2. The molecule has 1 amide bonds. The summed E-state index contributed by atoms with van der Waals surface area (Å²) in [5.41, 5.74) is 3.39. The minimum atomic E-state index is -0.461. The fraction of sp³-hybridized carbons (Fsp3) is 0.176. The van der Waals surface area contributed by atoms with Crippen molar-refractivity contribution < 1.29 is 14.6 Å². The molecular weight excluding hydrogens is 280 g/mol. The Bertz CT molecular complexity index is 651. The van der Waals surface area contributed by atoms with Gasteiger partial charge in [-0.25, -0.2) is 5.43 Å². The Morgan fingerprint density at radius 1 is 1.23 bits per heavy atom. The Morgan fingerprint density at radius 3 is 2.64 bits per heavy atom. The molecule has 0 fully saturated rings. The molecule has 0 aromatic heterocycles. The Morgan fingerprint density at radius 2 is 1.95 bits per heavy atom. The number of hydrogen-bond acceptors (Lipinski definition) is 4. The monoisotopic (exact) mass is 298 g/mol. The third kappa shape index (κ3) is 4.34. The van der Waals surface area contributed by atoms with Crippen molar-refractivity contribution in [3.8, 4) is 11.5 Å². The Balaban J connectivity index is 1.92. The first kappa shape index (κ1) is 15.6. The van der Waals surface area contributed by atoms with Crippen molar-refractivity contribution in [3.05, 3.63) is 59.7 Å². The van der Waals surface area contributed by atoms with Crippen LogP contribution in [-0.2, 0) is 0 Å². The zero-order valence-electron chi connectivity index (χ0n) is 12.3. The number of benzene rings is 2. The summed E-state index contributed by atoms with van der Waals surface area (Å²) in [5.74, 6) is 0.266. The van der Waals surface area contributed by atoms with Crippen molar-refractivity contribution in [3.63, 3.8) is 0 Å². The van der Waals surface area contributed by atoms with Gasteiger partial charge in [-0.2, -0.15) is 5.10 Å². The Kier molecular flexibility index (Phi) is 5.54. The molecule has 5 nitrogen and oxygen atoms in total. The van der Waals surface area contributed by atoms with Gasteiger partial charge in [-0.3, -0.25) is 4.79 Å². The van der Waals surface area contributed by atoms with E-state index >= 15 is 0 Å². The van der Waals surface area contributed by atoms with Crippen molar-refractivity contribution >= 4 is 12.1 Å². The van der Waals surface area contributed by atoms with Crippen LogP contribution in [0.25, 0.3) is 0 Å². The minimum absolute atomic E-state index is 0.0763. The molecule has 0 spiro atoms. The summed E-state index contributed by atoms with van der Waals surface area (Å²) in [7, 11) is 0. The second-order valence-corrected chi connectivity index (χ2v) is 4.63. The second-order valence-electron chi connectivity index (χ2n) is 4.63. The summed E-state index contributed by atoms with van der Waals surface area (Å²) >= 11 is 0. The normalized spacial score (nSPS) is 10.6. The maximum absolute atomic E-state index is 11.8. The van der Waals surface area contributed by atoms with Crippen LogP contribution in [0.5, 0.6) is 11.5 Å². The molecule has 0 aliphatic heterocycles. The molecule has 0 bridgehead atoms. The molecule has 0 heterocycles. The number of aromatic hydroxyl groups is 1. The van der Waals surface area contributed by atoms with E-state index in [-0.39, 0.29) is 11.3 Å². The van der Waals surface area contributed by atoms with Gasteiger partial charge >= 0.3 is 0 Å². The molecule has 2 aromatic rings. The SMILES string of the molecule is CCCOc1ccc(/C=N\NC(=O)c2ccccc2O)cc1. The van der Waals surface area contributed by atoms with Crippen LogP contribution in [0.15, 0.2) is 53.6 Å². The van der Waals surface area contributed by atoms with Crippen LogP contribution in [0.4, 0.5) is 0 Å². The van der Waals surface area contributed by atoms with Crippen LogP contribution < -0.4 is 10.2 Å². The molecule has 0 saturated carbocycles. The lowest BCUT2D eigenvalue weighted by Gasteiger charge is -2.04. The van der Waals surface area contributed by atoms with Crippen LogP contribution >= 0.6 is 0 Å². The number of carbonyl (C=O) groups is 1. The van der Waals surface area contributed by atoms with Gasteiger partial charge < -0.3 is 9.84 Å². The van der Waals surface area contributed by atoms with Gasteiger partial charge in [0.05, 0.1) is 18.4 Å². The number of nitrogens with one attached hydrogen (secondary N) is 1. The Hall–Kier alpha value is -2.82. The molecule has 2 rings (SSSR count). The molecular formula is C17H18N2O3. The molecule has 5 heteroatoms. The van der Waals surface area contributed by atoms with Crippen LogP contribution in [0.1, 0.15) is 29.3 Å². The molecule has 0 radical (unpaired) electrons. The number of phenols is 1.